The molecule has 0 aliphatic carbocycles. The Balaban J connectivity index is 0.00000312. The van der Waals surface area contributed by atoms with Crippen molar-refractivity contribution in [1.29, 1.82) is 0 Å². The van der Waals surface area contributed by atoms with Crippen LogP contribution in [0.2, 0.25) is 0 Å². The van der Waals surface area contributed by atoms with E-state index in [1.807, 2.05) is 29.2 Å². The van der Waals surface area contributed by atoms with E-state index in [0.29, 0.717) is 13.0 Å². The van der Waals surface area contributed by atoms with Crippen LogP contribution < -0.4 is 10.6 Å². The first-order valence-electron chi connectivity index (χ1n) is 8.95. The van der Waals surface area contributed by atoms with Gasteiger partial charge < -0.3 is 15.5 Å². The molecule has 25 heavy (non-hydrogen) atoms. The number of benzene rings is 1. The second-order valence-corrected chi connectivity index (χ2v) is 6.51. The number of hydrogen-bond donors (Lipinski definition) is 2. The number of carbonyl (C=O) groups is 2. The third-order valence-corrected chi connectivity index (χ3v) is 4.61. The van der Waals surface area contributed by atoms with Gasteiger partial charge in [-0.25, -0.2) is 0 Å². The minimum Gasteiger partial charge on any atom is -0.339 e. The van der Waals surface area contributed by atoms with Crippen molar-refractivity contribution >= 4 is 29.9 Å². The quantitative estimate of drug-likeness (QED) is 0.741. The van der Waals surface area contributed by atoms with Gasteiger partial charge in [0.05, 0.1) is 5.92 Å². The largest absolute Gasteiger partial charge is 0.339 e. The lowest BCUT2D eigenvalue weighted by atomic mass is 10.1. The van der Waals surface area contributed by atoms with Gasteiger partial charge >= 0.3 is 0 Å². The molecule has 2 unspecified atom stereocenters. The van der Waals surface area contributed by atoms with E-state index in [2.05, 4.69) is 31.4 Å². The standard InChI is InChI=1S/C19H29N3O2.ClH/c1-4-8-14(3)22-13-16(11-18(22)23)19(24)21-17-10-7-6-9-15(17)12-20-5-2;/h6-7,9-10,14,16,20H,4-5,8,11-13H2,1-3H3,(H,21,24);1H. The Labute approximate surface area is 157 Å². The molecular formula is C19H30ClN3O2. The van der Waals surface area contributed by atoms with Gasteiger partial charge in [-0.3, -0.25) is 9.59 Å². The van der Waals surface area contributed by atoms with Crippen molar-refractivity contribution in [2.45, 2.75) is 52.6 Å². The fourth-order valence-corrected chi connectivity index (χ4v) is 3.20. The zero-order valence-electron chi connectivity index (χ0n) is 15.4. The number of amides is 2. The molecule has 2 N–H and O–H groups in total. The molecule has 0 bridgehead atoms. The maximum atomic E-state index is 12.6. The van der Waals surface area contributed by atoms with Gasteiger partial charge in [-0.15, -0.1) is 12.4 Å². The van der Waals surface area contributed by atoms with Crippen LogP contribution in [0.5, 0.6) is 0 Å². The molecule has 1 fully saturated rings. The predicted molar refractivity (Wildman–Crippen MR) is 104 cm³/mol. The summed E-state index contributed by atoms with van der Waals surface area (Å²) < 4.78 is 0. The Kier molecular flexibility index (Phi) is 8.93. The first-order valence-corrected chi connectivity index (χ1v) is 8.95. The van der Waals surface area contributed by atoms with E-state index in [0.717, 1.165) is 37.2 Å². The molecule has 0 aromatic heterocycles. The van der Waals surface area contributed by atoms with Crippen LogP contribution in [-0.4, -0.2) is 35.8 Å². The summed E-state index contributed by atoms with van der Waals surface area (Å²) in [7, 11) is 0. The van der Waals surface area contributed by atoms with Crippen molar-refractivity contribution in [3.8, 4) is 0 Å². The summed E-state index contributed by atoms with van der Waals surface area (Å²) in [6.07, 6.45) is 2.33. The minimum absolute atomic E-state index is 0. The molecule has 1 aliphatic rings. The van der Waals surface area contributed by atoms with E-state index in [9.17, 15) is 9.59 Å². The number of anilines is 1. The van der Waals surface area contributed by atoms with E-state index < -0.39 is 0 Å². The number of rotatable bonds is 8. The summed E-state index contributed by atoms with van der Waals surface area (Å²) in [6.45, 7) is 8.36. The number of halogens is 1. The van der Waals surface area contributed by atoms with E-state index in [-0.39, 0.29) is 36.2 Å². The normalized spacial score (nSPS) is 18.0. The number of nitrogens with zero attached hydrogens (tertiary/aromatic N) is 1. The highest BCUT2D eigenvalue weighted by atomic mass is 35.5. The molecule has 0 saturated carbocycles. The molecule has 0 spiro atoms. The van der Waals surface area contributed by atoms with Crippen LogP contribution in [0.15, 0.2) is 24.3 Å². The van der Waals surface area contributed by atoms with Gasteiger partial charge in [-0.05, 0) is 31.5 Å². The maximum absolute atomic E-state index is 12.6. The second kappa shape index (κ2) is 10.4. The first-order chi connectivity index (χ1) is 11.6. The number of para-hydroxylation sites is 1. The van der Waals surface area contributed by atoms with Crippen molar-refractivity contribution < 1.29 is 9.59 Å². The zero-order chi connectivity index (χ0) is 17.5. The number of likely N-dealkylation sites (tertiary alicyclic amines) is 1. The van der Waals surface area contributed by atoms with Crippen LogP contribution in [0.3, 0.4) is 0 Å². The molecule has 140 valence electrons. The van der Waals surface area contributed by atoms with E-state index in [1.54, 1.807) is 0 Å². The SMILES string of the molecule is CCCC(C)N1CC(C(=O)Nc2ccccc2CNCC)CC1=O.Cl. The summed E-state index contributed by atoms with van der Waals surface area (Å²) >= 11 is 0. The van der Waals surface area contributed by atoms with Gasteiger partial charge in [0, 0.05) is 31.2 Å². The molecule has 0 radical (unpaired) electrons. The number of carbonyl (C=O) groups excluding carboxylic acids is 2. The summed E-state index contributed by atoms with van der Waals surface area (Å²) in [4.78, 5) is 26.7. The lowest BCUT2D eigenvalue weighted by molar-refractivity contribution is -0.129. The van der Waals surface area contributed by atoms with Crippen LogP contribution >= 0.6 is 12.4 Å². The molecule has 2 rings (SSSR count). The molecule has 2 amide bonds. The molecule has 2 atom stereocenters. The fraction of sp³-hybridized carbons (Fsp3) is 0.579. The zero-order valence-corrected chi connectivity index (χ0v) is 16.2. The number of hydrogen-bond acceptors (Lipinski definition) is 3. The topological polar surface area (TPSA) is 61.4 Å². The first kappa shape index (κ1) is 21.5. The molecule has 6 heteroatoms. The van der Waals surface area contributed by atoms with Gasteiger partial charge in [0.1, 0.15) is 0 Å². The Hall–Kier alpha value is -1.59. The third-order valence-electron chi connectivity index (χ3n) is 4.61. The van der Waals surface area contributed by atoms with Crippen LogP contribution in [0.1, 0.15) is 45.6 Å². The predicted octanol–water partition coefficient (Wildman–Crippen LogP) is 3.19. The molecule has 1 aliphatic heterocycles. The molecule has 5 nitrogen and oxygen atoms in total. The average molecular weight is 368 g/mol. The van der Waals surface area contributed by atoms with Gasteiger partial charge in [0.15, 0.2) is 0 Å². The molecule has 1 aromatic rings. The highest BCUT2D eigenvalue weighted by molar-refractivity contribution is 5.97. The number of nitrogens with one attached hydrogen (secondary N) is 2. The van der Waals surface area contributed by atoms with Crippen molar-refractivity contribution in [3.05, 3.63) is 29.8 Å². The van der Waals surface area contributed by atoms with Gasteiger partial charge in [0.2, 0.25) is 11.8 Å². The molecule has 1 saturated heterocycles. The highest BCUT2D eigenvalue weighted by Crippen LogP contribution is 2.24. The van der Waals surface area contributed by atoms with Crippen molar-refractivity contribution in [3.63, 3.8) is 0 Å². The van der Waals surface area contributed by atoms with Gasteiger partial charge in [-0.2, -0.15) is 0 Å². The van der Waals surface area contributed by atoms with Crippen molar-refractivity contribution in [2.75, 3.05) is 18.4 Å². The second-order valence-electron chi connectivity index (χ2n) is 6.51. The average Bonchev–Trinajstić information content (AvgIpc) is 2.96. The van der Waals surface area contributed by atoms with Gasteiger partial charge in [0.25, 0.3) is 0 Å². The Bertz CT molecular complexity index is 580. The Morgan fingerprint density at radius 1 is 1.32 bits per heavy atom. The Morgan fingerprint density at radius 2 is 2.04 bits per heavy atom. The lowest BCUT2D eigenvalue weighted by Crippen LogP contribution is -2.35. The molecule has 1 heterocycles. The van der Waals surface area contributed by atoms with Crippen LogP contribution in [0.25, 0.3) is 0 Å². The minimum atomic E-state index is -0.260. The summed E-state index contributed by atoms with van der Waals surface area (Å²) in [5, 5.41) is 6.29. The van der Waals surface area contributed by atoms with Gasteiger partial charge in [-0.1, -0.05) is 38.5 Å². The van der Waals surface area contributed by atoms with Crippen LogP contribution in [-0.2, 0) is 16.1 Å². The summed E-state index contributed by atoms with van der Waals surface area (Å²) in [6, 6.07) is 8.02. The smallest absolute Gasteiger partial charge is 0.229 e. The fourth-order valence-electron chi connectivity index (χ4n) is 3.20. The van der Waals surface area contributed by atoms with Crippen molar-refractivity contribution in [2.24, 2.45) is 5.92 Å². The highest BCUT2D eigenvalue weighted by Gasteiger charge is 2.36. The summed E-state index contributed by atoms with van der Waals surface area (Å²) in [5.74, 6) is -0.223. The van der Waals surface area contributed by atoms with Crippen LogP contribution in [0.4, 0.5) is 5.69 Å². The summed E-state index contributed by atoms with van der Waals surface area (Å²) in [5.41, 5.74) is 1.89. The van der Waals surface area contributed by atoms with E-state index in [1.165, 1.54) is 0 Å². The van der Waals surface area contributed by atoms with Crippen molar-refractivity contribution in [1.82, 2.24) is 10.2 Å². The lowest BCUT2D eigenvalue weighted by Gasteiger charge is -2.24. The third kappa shape index (κ3) is 5.72. The van der Waals surface area contributed by atoms with E-state index in [4.69, 9.17) is 0 Å². The maximum Gasteiger partial charge on any atom is 0.229 e. The van der Waals surface area contributed by atoms with Crippen LogP contribution in [0, 0.1) is 5.92 Å². The monoisotopic (exact) mass is 367 g/mol. The molecular weight excluding hydrogens is 338 g/mol. The van der Waals surface area contributed by atoms with E-state index >= 15 is 0 Å². The molecule has 1 aromatic carbocycles. The Morgan fingerprint density at radius 3 is 2.72 bits per heavy atom.